The Morgan fingerprint density at radius 3 is 2.79 bits per heavy atom. The number of benzene rings is 2. The summed E-state index contributed by atoms with van der Waals surface area (Å²) in [6.45, 7) is 4.83. The molecule has 0 amide bonds. The maximum Gasteiger partial charge on any atom is 0.122 e. The molecule has 1 N–H and O–H groups in total. The molecule has 1 heterocycles. The Bertz CT molecular complexity index is 617. The molecule has 0 saturated carbocycles. The zero-order valence-electron chi connectivity index (χ0n) is 11.3. The molecular formula is C17H18O2. The van der Waals surface area contributed by atoms with E-state index in [-0.39, 0.29) is 0 Å². The minimum Gasteiger partial charge on any atom is -0.493 e. The molecule has 1 aliphatic heterocycles. The van der Waals surface area contributed by atoms with Crippen LogP contribution in [0.5, 0.6) is 5.75 Å². The number of aliphatic hydroxyl groups excluding tert-OH is 1. The average Bonchev–Trinajstić information content (AvgIpc) is 2.88. The zero-order chi connectivity index (χ0) is 13.4. The summed E-state index contributed by atoms with van der Waals surface area (Å²) in [5.74, 6) is 0.955. The van der Waals surface area contributed by atoms with E-state index in [1.807, 2.05) is 26.0 Å². The van der Waals surface area contributed by atoms with Crippen molar-refractivity contribution in [2.45, 2.75) is 26.4 Å². The third kappa shape index (κ3) is 2.24. The first-order valence-corrected chi connectivity index (χ1v) is 6.66. The van der Waals surface area contributed by atoms with Gasteiger partial charge in [-0.3, -0.25) is 0 Å². The molecule has 1 atom stereocenters. The average molecular weight is 254 g/mol. The number of rotatable bonds is 2. The molecule has 1 unspecified atom stereocenters. The predicted octanol–water partition coefficient (Wildman–Crippen LogP) is 3.32. The molecule has 2 heteroatoms. The van der Waals surface area contributed by atoms with Gasteiger partial charge in [0.2, 0.25) is 0 Å². The van der Waals surface area contributed by atoms with Crippen LogP contribution in [0.4, 0.5) is 0 Å². The molecule has 1 aliphatic rings. The first kappa shape index (κ1) is 12.2. The highest BCUT2D eigenvalue weighted by Crippen LogP contribution is 2.31. The van der Waals surface area contributed by atoms with Gasteiger partial charge < -0.3 is 9.84 Å². The van der Waals surface area contributed by atoms with E-state index in [4.69, 9.17) is 4.74 Å². The van der Waals surface area contributed by atoms with Crippen molar-refractivity contribution in [2.24, 2.45) is 0 Å². The zero-order valence-corrected chi connectivity index (χ0v) is 11.3. The monoisotopic (exact) mass is 254 g/mol. The van der Waals surface area contributed by atoms with E-state index in [0.29, 0.717) is 0 Å². The molecule has 0 bridgehead atoms. The summed E-state index contributed by atoms with van der Waals surface area (Å²) in [5, 5.41) is 10.6. The molecule has 2 aromatic rings. The maximum absolute atomic E-state index is 10.6. The number of aliphatic hydroxyl groups is 1. The lowest BCUT2D eigenvalue weighted by atomic mass is 9.94. The van der Waals surface area contributed by atoms with Crippen LogP contribution in [0.2, 0.25) is 0 Å². The van der Waals surface area contributed by atoms with Crippen molar-refractivity contribution in [3.63, 3.8) is 0 Å². The van der Waals surface area contributed by atoms with Gasteiger partial charge in [-0.05, 0) is 48.2 Å². The topological polar surface area (TPSA) is 29.5 Å². The van der Waals surface area contributed by atoms with Crippen LogP contribution in [0.25, 0.3) is 0 Å². The second kappa shape index (κ2) is 4.71. The fourth-order valence-electron chi connectivity index (χ4n) is 2.61. The predicted molar refractivity (Wildman–Crippen MR) is 75.6 cm³/mol. The van der Waals surface area contributed by atoms with E-state index < -0.39 is 6.10 Å². The van der Waals surface area contributed by atoms with Crippen LogP contribution in [0.3, 0.4) is 0 Å². The molecule has 0 saturated heterocycles. The highest BCUT2D eigenvalue weighted by molar-refractivity contribution is 5.44. The van der Waals surface area contributed by atoms with Gasteiger partial charge in [0.25, 0.3) is 0 Å². The quantitative estimate of drug-likeness (QED) is 0.890. The third-order valence-electron chi connectivity index (χ3n) is 3.76. The lowest BCUT2D eigenvalue weighted by Crippen LogP contribution is -2.03. The molecular weight excluding hydrogens is 236 g/mol. The molecule has 19 heavy (non-hydrogen) atoms. The van der Waals surface area contributed by atoms with E-state index in [1.165, 1.54) is 11.1 Å². The lowest BCUT2D eigenvalue weighted by Gasteiger charge is -2.15. The van der Waals surface area contributed by atoms with Crippen molar-refractivity contribution >= 4 is 0 Å². The Balaban J connectivity index is 1.99. The van der Waals surface area contributed by atoms with Crippen LogP contribution in [-0.4, -0.2) is 11.7 Å². The van der Waals surface area contributed by atoms with Gasteiger partial charge in [-0.15, -0.1) is 0 Å². The molecule has 98 valence electrons. The van der Waals surface area contributed by atoms with Crippen LogP contribution in [0.1, 0.15) is 33.9 Å². The van der Waals surface area contributed by atoms with Crippen molar-refractivity contribution in [1.82, 2.24) is 0 Å². The Kier molecular flexibility index (Phi) is 3.03. The summed E-state index contributed by atoms with van der Waals surface area (Å²) in [4.78, 5) is 0. The molecule has 3 rings (SSSR count). The number of ether oxygens (including phenoxy) is 1. The largest absolute Gasteiger partial charge is 0.493 e. The van der Waals surface area contributed by atoms with E-state index in [0.717, 1.165) is 35.5 Å². The summed E-state index contributed by atoms with van der Waals surface area (Å²) in [5.41, 5.74) is 5.41. The summed E-state index contributed by atoms with van der Waals surface area (Å²) >= 11 is 0. The molecule has 0 radical (unpaired) electrons. The van der Waals surface area contributed by atoms with Gasteiger partial charge in [0.05, 0.1) is 6.61 Å². The Hall–Kier alpha value is -1.80. The van der Waals surface area contributed by atoms with Gasteiger partial charge in [0, 0.05) is 6.42 Å². The molecule has 0 spiro atoms. The third-order valence-corrected chi connectivity index (χ3v) is 3.76. The van der Waals surface area contributed by atoms with E-state index in [2.05, 4.69) is 24.3 Å². The van der Waals surface area contributed by atoms with Gasteiger partial charge >= 0.3 is 0 Å². The van der Waals surface area contributed by atoms with Crippen molar-refractivity contribution in [2.75, 3.05) is 6.61 Å². The number of hydrogen-bond donors (Lipinski definition) is 1. The fraction of sp³-hybridized carbons (Fsp3) is 0.294. The van der Waals surface area contributed by atoms with Crippen LogP contribution >= 0.6 is 0 Å². The first-order valence-electron chi connectivity index (χ1n) is 6.66. The number of aryl methyl sites for hydroxylation is 2. The summed E-state index contributed by atoms with van der Waals surface area (Å²) in [6, 6.07) is 12.2. The van der Waals surface area contributed by atoms with Crippen LogP contribution in [0, 0.1) is 13.8 Å². The number of fused-ring (bicyclic) bond motifs is 1. The molecule has 0 aromatic heterocycles. The van der Waals surface area contributed by atoms with E-state index in [1.54, 1.807) is 0 Å². The summed E-state index contributed by atoms with van der Waals surface area (Å²) in [7, 11) is 0. The van der Waals surface area contributed by atoms with Crippen LogP contribution in [-0.2, 0) is 6.42 Å². The lowest BCUT2D eigenvalue weighted by molar-refractivity contribution is 0.219. The SMILES string of the molecule is Cc1ccc(C)c(C(O)c2ccc3c(c2)CCO3)c1. The number of hydrogen-bond acceptors (Lipinski definition) is 2. The van der Waals surface area contributed by atoms with Gasteiger partial charge in [-0.2, -0.15) is 0 Å². The summed E-state index contributed by atoms with van der Waals surface area (Å²) < 4.78 is 5.50. The molecule has 0 aliphatic carbocycles. The highest BCUT2D eigenvalue weighted by Gasteiger charge is 2.17. The normalized spacial score (nSPS) is 14.9. The summed E-state index contributed by atoms with van der Waals surface area (Å²) in [6.07, 6.45) is 0.369. The van der Waals surface area contributed by atoms with Crippen LogP contribution in [0.15, 0.2) is 36.4 Å². The van der Waals surface area contributed by atoms with Crippen molar-refractivity contribution < 1.29 is 9.84 Å². The van der Waals surface area contributed by atoms with Gasteiger partial charge in [-0.1, -0.05) is 29.8 Å². The smallest absolute Gasteiger partial charge is 0.122 e. The Morgan fingerprint density at radius 2 is 1.95 bits per heavy atom. The highest BCUT2D eigenvalue weighted by atomic mass is 16.5. The fourth-order valence-corrected chi connectivity index (χ4v) is 2.61. The molecule has 2 aromatic carbocycles. The Labute approximate surface area is 113 Å². The Morgan fingerprint density at radius 1 is 1.11 bits per heavy atom. The maximum atomic E-state index is 10.6. The van der Waals surface area contributed by atoms with Crippen molar-refractivity contribution in [3.8, 4) is 5.75 Å². The van der Waals surface area contributed by atoms with E-state index in [9.17, 15) is 5.11 Å². The van der Waals surface area contributed by atoms with Crippen molar-refractivity contribution in [3.05, 3.63) is 64.2 Å². The van der Waals surface area contributed by atoms with E-state index >= 15 is 0 Å². The molecule has 0 fully saturated rings. The van der Waals surface area contributed by atoms with Gasteiger partial charge in [0.15, 0.2) is 0 Å². The first-order chi connectivity index (χ1) is 9.15. The van der Waals surface area contributed by atoms with Gasteiger partial charge in [-0.25, -0.2) is 0 Å². The second-order valence-corrected chi connectivity index (χ2v) is 5.23. The molecule has 2 nitrogen and oxygen atoms in total. The van der Waals surface area contributed by atoms with Crippen LogP contribution < -0.4 is 4.74 Å². The second-order valence-electron chi connectivity index (χ2n) is 5.23. The standard InChI is InChI=1S/C17H18O2/c1-11-3-4-12(2)15(9-11)17(18)14-5-6-16-13(10-14)7-8-19-16/h3-6,9-10,17-18H,7-8H2,1-2H3. The van der Waals surface area contributed by atoms with Gasteiger partial charge in [0.1, 0.15) is 11.9 Å². The minimum atomic E-state index is -0.564. The minimum absolute atomic E-state index is 0.564. The van der Waals surface area contributed by atoms with Crippen molar-refractivity contribution in [1.29, 1.82) is 0 Å².